The molecule has 1 aromatic carbocycles. The summed E-state index contributed by atoms with van der Waals surface area (Å²) in [5, 5.41) is 8.90. The predicted octanol–water partition coefficient (Wildman–Crippen LogP) is 1.99. The standard InChI is InChI=1S/C12H11ClO5/c1-17-12(16)7-18-10-4-2-3-9(13)8(10)5-6-11(14)15/h2-6H,7H2,1H3,(H,14,15)/b6-5+. The summed E-state index contributed by atoms with van der Waals surface area (Å²) in [4.78, 5) is 21.4. The summed E-state index contributed by atoms with van der Waals surface area (Å²) in [7, 11) is 1.24. The van der Waals surface area contributed by atoms with Crippen molar-refractivity contribution in [1.29, 1.82) is 0 Å². The lowest BCUT2D eigenvalue weighted by molar-refractivity contribution is -0.143. The maximum atomic E-state index is 11.0. The van der Waals surface area contributed by atoms with E-state index in [1.54, 1.807) is 18.2 Å². The number of ether oxygens (including phenoxy) is 2. The smallest absolute Gasteiger partial charge is 0.343 e. The molecule has 0 aliphatic heterocycles. The van der Waals surface area contributed by atoms with Crippen molar-refractivity contribution in [2.75, 3.05) is 13.7 Å². The molecule has 0 aliphatic carbocycles. The van der Waals surface area contributed by atoms with Crippen molar-refractivity contribution in [1.82, 2.24) is 0 Å². The molecule has 0 bridgehead atoms. The monoisotopic (exact) mass is 270 g/mol. The summed E-state index contributed by atoms with van der Waals surface area (Å²) >= 11 is 5.92. The van der Waals surface area contributed by atoms with Crippen molar-refractivity contribution in [2.24, 2.45) is 0 Å². The van der Waals surface area contributed by atoms with Gasteiger partial charge in [-0.05, 0) is 18.2 Å². The minimum Gasteiger partial charge on any atom is -0.481 e. The van der Waals surface area contributed by atoms with Crippen LogP contribution in [0.15, 0.2) is 24.3 Å². The molecule has 0 heterocycles. The lowest BCUT2D eigenvalue weighted by Gasteiger charge is -2.09. The van der Waals surface area contributed by atoms with Crippen molar-refractivity contribution < 1.29 is 24.2 Å². The van der Waals surface area contributed by atoms with Gasteiger partial charge in [0.25, 0.3) is 0 Å². The van der Waals surface area contributed by atoms with Crippen LogP contribution in [0.25, 0.3) is 6.08 Å². The minimum absolute atomic E-state index is 0.273. The molecule has 6 heteroatoms. The van der Waals surface area contributed by atoms with Gasteiger partial charge in [-0.15, -0.1) is 0 Å². The predicted molar refractivity (Wildman–Crippen MR) is 65.6 cm³/mol. The molecule has 0 atom stereocenters. The molecule has 0 fully saturated rings. The lowest BCUT2D eigenvalue weighted by Crippen LogP contribution is -2.13. The van der Waals surface area contributed by atoms with Gasteiger partial charge in [0.1, 0.15) is 5.75 Å². The molecule has 0 aliphatic rings. The third-order valence-electron chi connectivity index (χ3n) is 1.98. The molecule has 0 radical (unpaired) electrons. The van der Waals surface area contributed by atoms with Gasteiger partial charge in [0, 0.05) is 11.6 Å². The summed E-state index contributed by atoms with van der Waals surface area (Å²) in [6, 6.07) is 4.80. The van der Waals surface area contributed by atoms with Crippen LogP contribution in [-0.4, -0.2) is 30.8 Å². The van der Waals surface area contributed by atoms with Gasteiger partial charge in [-0.2, -0.15) is 0 Å². The van der Waals surface area contributed by atoms with E-state index < -0.39 is 11.9 Å². The first-order chi connectivity index (χ1) is 8.54. The zero-order chi connectivity index (χ0) is 13.5. The third-order valence-corrected chi connectivity index (χ3v) is 2.31. The number of carbonyl (C=O) groups is 2. The molecular weight excluding hydrogens is 260 g/mol. The largest absolute Gasteiger partial charge is 0.481 e. The quantitative estimate of drug-likeness (QED) is 0.654. The van der Waals surface area contributed by atoms with Crippen LogP contribution in [0.5, 0.6) is 5.75 Å². The second-order valence-electron chi connectivity index (χ2n) is 3.19. The lowest BCUT2D eigenvalue weighted by atomic mass is 10.2. The van der Waals surface area contributed by atoms with Gasteiger partial charge in [0.2, 0.25) is 0 Å². The van der Waals surface area contributed by atoms with Crippen molar-refractivity contribution in [3.8, 4) is 5.75 Å². The molecule has 96 valence electrons. The molecule has 18 heavy (non-hydrogen) atoms. The fourth-order valence-electron chi connectivity index (χ4n) is 1.16. The van der Waals surface area contributed by atoms with Crippen molar-refractivity contribution >= 4 is 29.6 Å². The number of hydrogen-bond acceptors (Lipinski definition) is 4. The Labute approximate surface area is 109 Å². The summed E-state index contributed by atoms with van der Waals surface area (Å²) in [6.45, 7) is -0.273. The van der Waals surface area contributed by atoms with Crippen molar-refractivity contribution in [3.05, 3.63) is 34.9 Å². The molecule has 0 unspecified atom stereocenters. The Morgan fingerprint density at radius 3 is 2.78 bits per heavy atom. The van der Waals surface area contributed by atoms with Crippen LogP contribution < -0.4 is 4.74 Å². The average molecular weight is 271 g/mol. The van der Waals surface area contributed by atoms with Crippen LogP contribution in [0.1, 0.15) is 5.56 Å². The molecule has 0 saturated carbocycles. The first kappa shape index (κ1) is 14.1. The van der Waals surface area contributed by atoms with Crippen LogP contribution in [-0.2, 0) is 14.3 Å². The second kappa shape index (κ2) is 6.66. The van der Waals surface area contributed by atoms with Crippen LogP contribution >= 0.6 is 11.6 Å². The first-order valence-corrected chi connectivity index (χ1v) is 5.31. The van der Waals surface area contributed by atoms with E-state index >= 15 is 0 Å². The number of methoxy groups -OCH3 is 1. The number of esters is 1. The van der Waals surface area contributed by atoms with Crippen LogP contribution in [0, 0.1) is 0 Å². The van der Waals surface area contributed by atoms with E-state index in [0.717, 1.165) is 6.08 Å². The molecule has 1 N–H and O–H groups in total. The van der Waals surface area contributed by atoms with Gasteiger partial charge in [0.15, 0.2) is 6.61 Å². The number of benzene rings is 1. The molecule has 0 aromatic heterocycles. The number of aliphatic carboxylic acids is 1. The molecule has 0 amide bonds. The maximum absolute atomic E-state index is 11.0. The SMILES string of the molecule is COC(=O)COc1cccc(Cl)c1/C=C/C(=O)O. The number of carbonyl (C=O) groups excluding carboxylic acids is 1. The molecule has 1 rings (SSSR count). The van der Waals surface area contributed by atoms with Crippen LogP contribution in [0.4, 0.5) is 0 Å². The molecule has 0 saturated heterocycles. The number of carboxylic acid groups (broad SMARTS) is 1. The Balaban J connectivity index is 2.93. The van der Waals surface area contributed by atoms with Gasteiger partial charge in [-0.1, -0.05) is 17.7 Å². The normalized spacial score (nSPS) is 10.3. The molecular formula is C12H11ClO5. The Bertz CT molecular complexity index is 481. The van der Waals surface area contributed by atoms with Gasteiger partial charge < -0.3 is 14.6 Å². The highest BCUT2D eigenvalue weighted by molar-refractivity contribution is 6.32. The third kappa shape index (κ3) is 4.10. The number of halogens is 1. The van der Waals surface area contributed by atoms with E-state index in [2.05, 4.69) is 4.74 Å². The van der Waals surface area contributed by atoms with Crippen LogP contribution in [0.2, 0.25) is 5.02 Å². The number of rotatable bonds is 5. The van der Waals surface area contributed by atoms with Gasteiger partial charge >= 0.3 is 11.9 Å². The second-order valence-corrected chi connectivity index (χ2v) is 3.60. The first-order valence-electron chi connectivity index (χ1n) is 4.93. The van der Waals surface area contributed by atoms with E-state index in [4.69, 9.17) is 21.4 Å². The van der Waals surface area contributed by atoms with E-state index in [0.29, 0.717) is 16.3 Å². The van der Waals surface area contributed by atoms with E-state index in [1.165, 1.54) is 13.2 Å². The van der Waals surface area contributed by atoms with Gasteiger partial charge in [-0.25, -0.2) is 9.59 Å². The number of hydrogen-bond donors (Lipinski definition) is 1. The Morgan fingerprint density at radius 2 is 2.17 bits per heavy atom. The highest BCUT2D eigenvalue weighted by Crippen LogP contribution is 2.27. The fourth-order valence-corrected chi connectivity index (χ4v) is 1.38. The summed E-state index contributed by atoms with van der Waals surface area (Å²) in [5.74, 6) is -1.33. The summed E-state index contributed by atoms with van der Waals surface area (Å²) in [6.07, 6.45) is 2.24. The molecule has 5 nitrogen and oxygen atoms in total. The fraction of sp³-hybridized carbons (Fsp3) is 0.167. The molecule has 1 aromatic rings. The van der Waals surface area contributed by atoms with Crippen molar-refractivity contribution in [2.45, 2.75) is 0 Å². The average Bonchev–Trinajstić information content (AvgIpc) is 2.34. The Morgan fingerprint density at radius 1 is 1.44 bits per heavy atom. The van der Waals surface area contributed by atoms with Gasteiger partial charge in [0.05, 0.1) is 12.1 Å². The zero-order valence-electron chi connectivity index (χ0n) is 9.55. The highest BCUT2D eigenvalue weighted by Gasteiger charge is 2.08. The Hall–Kier alpha value is -2.01. The van der Waals surface area contributed by atoms with Crippen LogP contribution in [0.3, 0.4) is 0 Å². The number of carboxylic acids is 1. The van der Waals surface area contributed by atoms with E-state index in [9.17, 15) is 9.59 Å². The summed E-state index contributed by atoms with van der Waals surface area (Å²) < 4.78 is 9.63. The zero-order valence-corrected chi connectivity index (χ0v) is 10.3. The van der Waals surface area contributed by atoms with E-state index in [1.807, 2.05) is 0 Å². The van der Waals surface area contributed by atoms with Gasteiger partial charge in [-0.3, -0.25) is 0 Å². The molecule has 0 spiro atoms. The topological polar surface area (TPSA) is 72.8 Å². The highest BCUT2D eigenvalue weighted by atomic mass is 35.5. The minimum atomic E-state index is -1.10. The Kier molecular flexibility index (Phi) is 5.20. The summed E-state index contributed by atoms with van der Waals surface area (Å²) in [5.41, 5.74) is 0.394. The van der Waals surface area contributed by atoms with Crippen molar-refractivity contribution in [3.63, 3.8) is 0 Å². The van der Waals surface area contributed by atoms with E-state index in [-0.39, 0.29) is 6.61 Å². The maximum Gasteiger partial charge on any atom is 0.343 e.